The summed E-state index contributed by atoms with van der Waals surface area (Å²) in [6, 6.07) is 12.0. The molecule has 5 nitrogen and oxygen atoms in total. The molecule has 108 valence electrons. The molecular weight excluding hydrogens is 316 g/mol. The molecule has 0 aliphatic heterocycles. The Morgan fingerprint density at radius 1 is 1.14 bits per heavy atom. The van der Waals surface area contributed by atoms with Gasteiger partial charge in [-0.2, -0.15) is 10.1 Å². The van der Waals surface area contributed by atoms with E-state index in [1.165, 1.54) is 0 Å². The number of rotatable bonds is 4. The molecule has 7 heteroatoms. The molecule has 0 bridgehead atoms. The Morgan fingerprint density at radius 3 is 3.00 bits per heavy atom. The summed E-state index contributed by atoms with van der Waals surface area (Å²) < 4.78 is 5.30. The van der Waals surface area contributed by atoms with E-state index in [1.54, 1.807) is 29.3 Å². The maximum Gasteiger partial charge on any atom is 0.237 e. The molecule has 4 rings (SSSR count). The van der Waals surface area contributed by atoms with E-state index in [9.17, 15) is 0 Å². The summed E-state index contributed by atoms with van der Waals surface area (Å²) in [4.78, 5) is 5.42. The fourth-order valence-electron chi connectivity index (χ4n) is 2.06. The second-order valence-corrected chi connectivity index (χ2v) is 6.43. The van der Waals surface area contributed by atoms with E-state index in [4.69, 9.17) is 4.52 Å². The van der Waals surface area contributed by atoms with Gasteiger partial charge in [0.1, 0.15) is 5.03 Å². The van der Waals surface area contributed by atoms with Gasteiger partial charge < -0.3 is 4.52 Å². The zero-order valence-corrected chi connectivity index (χ0v) is 13.0. The van der Waals surface area contributed by atoms with Crippen molar-refractivity contribution < 1.29 is 4.52 Å². The molecule has 0 atom stereocenters. The molecule has 0 unspecified atom stereocenters. The minimum Gasteiger partial charge on any atom is -0.338 e. The quantitative estimate of drug-likeness (QED) is 0.527. The number of nitrogens with zero attached hydrogens (tertiary/aromatic N) is 4. The Balaban J connectivity index is 1.55. The van der Waals surface area contributed by atoms with Gasteiger partial charge in [-0.1, -0.05) is 47.3 Å². The SMILES string of the molecule is c1csc(-c2noc(CSc3nncc4ccccc34)n2)c1. The van der Waals surface area contributed by atoms with Crippen LogP contribution in [0.5, 0.6) is 0 Å². The van der Waals surface area contributed by atoms with Crippen LogP contribution in [-0.2, 0) is 5.75 Å². The number of benzene rings is 1. The lowest BCUT2D eigenvalue weighted by Gasteiger charge is -2.01. The molecule has 0 aliphatic rings. The predicted molar refractivity (Wildman–Crippen MR) is 86.7 cm³/mol. The van der Waals surface area contributed by atoms with E-state index in [0.717, 1.165) is 20.7 Å². The molecule has 0 fully saturated rings. The molecule has 0 amide bonds. The first-order valence-corrected chi connectivity index (χ1v) is 8.46. The topological polar surface area (TPSA) is 64.7 Å². The molecule has 3 aromatic heterocycles. The van der Waals surface area contributed by atoms with Crippen LogP contribution in [0.15, 0.2) is 57.5 Å². The summed E-state index contributed by atoms with van der Waals surface area (Å²) in [5.74, 6) is 1.79. The van der Waals surface area contributed by atoms with Gasteiger partial charge in [0.2, 0.25) is 11.7 Å². The fraction of sp³-hybridized carbons (Fsp3) is 0.0667. The van der Waals surface area contributed by atoms with Crippen molar-refractivity contribution in [1.82, 2.24) is 20.3 Å². The monoisotopic (exact) mass is 326 g/mol. The van der Waals surface area contributed by atoms with E-state index < -0.39 is 0 Å². The van der Waals surface area contributed by atoms with E-state index in [1.807, 2.05) is 41.8 Å². The summed E-state index contributed by atoms with van der Waals surface area (Å²) in [6.07, 6.45) is 1.76. The molecular formula is C15H10N4OS2. The summed E-state index contributed by atoms with van der Waals surface area (Å²) >= 11 is 3.14. The Bertz CT molecular complexity index is 899. The van der Waals surface area contributed by atoms with Crippen molar-refractivity contribution in [1.29, 1.82) is 0 Å². The van der Waals surface area contributed by atoms with Gasteiger partial charge in [-0.25, -0.2) is 0 Å². The van der Waals surface area contributed by atoms with Gasteiger partial charge in [0.25, 0.3) is 0 Å². The average Bonchev–Trinajstić information content (AvgIpc) is 3.24. The summed E-state index contributed by atoms with van der Waals surface area (Å²) in [5.41, 5.74) is 0. The number of thioether (sulfide) groups is 1. The molecule has 0 radical (unpaired) electrons. The largest absolute Gasteiger partial charge is 0.338 e. The van der Waals surface area contributed by atoms with Gasteiger partial charge in [0, 0.05) is 10.8 Å². The highest BCUT2D eigenvalue weighted by Gasteiger charge is 2.11. The maximum absolute atomic E-state index is 5.30. The first-order chi connectivity index (χ1) is 10.9. The van der Waals surface area contributed by atoms with Crippen LogP contribution in [0.25, 0.3) is 21.5 Å². The Hall–Kier alpha value is -2.25. The minimum absolute atomic E-state index is 0.570. The van der Waals surface area contributed by atoms with Crippen LogP contribution in [0.4, 0.5) is 0 Å². The van der Waals surface area contributed by atoms with Crippen molar-refractivity contribution in [3.05, 3.63) is 53.9 Å². The second kappa shape index (κ2) is 5.86. The van der Waals surface area contributed by atoms with Crippen molar-refractivity contribution in [3.63, 3.8) is 0 Å². The number of hydrogen-bond acceptors (Lipinski definition) is 7. The highest BCUT2D eigenvalue weighted by Crippen LogP contribution is 2.28. The van der Waals surface area contributed by atoms with Crippen LogP contribution >= 0.6 is 23.1 Å². The highest BCUT2D eigenvalue weighted by atomic mass is 32.2. The maximum atomic E-state index is 5.30. The smallest absolute Gasteiger partial charge is 0.237 e. The lowest BCUT2D eigenvalue weighted by Crippen LogP contribution is -1.88. The van der Waals surface area contributed by atoms with Gasteiger partial charge in [0.05, 0.1) is 16.8 Å². The predicted octanol–water partition coefficient (Wildman–Crippen LogP) is 4.03. The van der Waals surface area contributed by atoms with Gasteiger partial charge in [-0.3, -0.25) is 0 Å². The summed E-state index contributed by atoms with van der Waals surface area (Å²) in [6.45, 7) is 0. The van der Waals surface area contributed by atoms with Crippen LogP contribution in [0.3, 0.4) is 0 Å². The normalized spacial score (nSPS) is 11.1. The first-order valence-electron chi connectivity index (χ1n) is 6.60. The lowest BCUT2D eigenvalue weighted by molar-refractivity contribution is 0.392. The van der Waals surface area contributed by atoms with Crippen LogP contribution in [0.2, 0.25) is 0 Å². The van der Waals surface area contributed by atoms with Crippen molar-refractivity contribution >= 4 is 33.9 Å². The molecule has 0 spiro atoms. The van der Waals surface area contributed by atoms with Gasteiger partial charge in [-0.15, -0.1) is 16.4 Å². The molecule has 0 saturated heterocycles. The van der Waals surface area contributed by atoms with E-state index >= 15 is 0 Å². The number of fused-ring (bicyclic) bond motifs is 1. The number of thiophene rings is 1. The van der Waals surface area contributed by atoms with E-state index in [-0.39, 0.29) is 0 Å². The average molecular weight is 326 g/mol. The minimum atomic E-state index is 0.570. The van der Waals surface area contributed by atoms with Gasteiger partial charge in [0.15, 0.2) is 0 Å². The molecule has 1 aromatic carbocycles. The first kappa shape index (κ1) is 13.4. The Labute approximate surface area is 134 Å². The number of aromatic nitrogens is 4. The van der Waals surface area contributed by atoms with Crippen LogP contribution in [0, 0.1) is 0 Å². The molecule has 0 N–H and O–H groups in total. The third-order valence-electron chi connectivity index (χ3n) is 3.08. The van der Waals surface area contributed by atoms with Crippen molar-refractivity contribution in [3.8, 4) is 10.7 Å². The van der Waals surface area contributed by atoms with Gasteiger partial charge in [-0.05, 0) is 11.4 Å². The molecule has 4 aromatic rings. The zero-order valence-electron chi connectivity index (χ0n) is 11.3. The van der Waals surface area contributed by atoms with Crippen LogP contribution in [-0.4, -0.2) is 20.3 Å². The van der Waals surface area contributed by atoms with Crippen LogP contribution in [0.1, 0.15) is 5.89 Å². The molecule has 0 aliphatic carbocycles. The van der Waals surface area contributed by atoms with Crippen molar-refractivity contribution in [2.24, 2.45) is 0 Å². The third kappa shape index (κ3) is 2.60. The number of hydrogen-bond donors (Lipinski definition) is 0. The molecule has 0 saturated carbocycles. The standard InChI is InChI=1S/C15H10N4OS2/c1-2-5-11-10(4-1)8-16-18-15(11)22-9-13-17-14(19-20-13)12-6-3-7-21-12/h1-8H,9H2. The highest BCUT2D eigenvalue weighted by molar-refractivity contribution is 7.98. The van der Waals surface area contributed by atoms with Crippen molar-refractivity contribution in [2.45, 2.75) is 10.8 Å². The lowest BCUT2D eigenvalue weighted by atomic mass is 10.2. The second-order valence-electron chi connectivity index (χ2n) is 4.51. The molecule has 22 heavy (non-hydrogen) atoms. The van der Waals surface area contributed by atoms with Crippen LogP contribution < -0.4 is 0 Å². The summed E-state index contributed by atoms with van der Waals surface area (Å²) in [7, 11) is 0. The Morgan fingerprint density at radius 2 is 2.09 bits per heavy atom. The Kier molecular flexibility index (Phi) is 3.57. The zero-order chi connectivity index (χ0) is 14.8. The fourth-order valence-corrected chi connectivity index (χ4v) is 3.53. The van der Waals surface area contributed by atoms with E-state index in [0.29, 0.717) is 17.5 Å². The van der Waals surface area contributed by atoms with Crippen molar-refractivity contribution in [2.75, 3.05) is 0 Å². The summed E-state index contributed by atoms with van der Waals surface area (Å²) in [5, 5.41) is 17.3. The van der Waals surface area contributed by atoms with E-state index in [2.05, 4.69) is 20.3 Å². The third-order valence-corrected chi connectivity index (χ3v) is 4.91. The van der Waals surface area contributed by atoms with Gasteiger partial charge >= 0.3 is 0 Å². The molecule has 3 heterocycles.